The topological polar surface area (TPSA) is 65.0 Å². The van der Waals surface area contributed by atoms with Crippen LogP contribution in [0.3, 0.4) is 0 Å². The van der Waals surface area contributed by atoms with Crippen LogP contribution in [0.1, 0.15) is 39.5 Å². The molecule has 0 rings (SSSR count). The first-order valence-electron chi connectivity index (χ1n) is 7.18. The van der Waals surface area contributed by atoms with E-state index >= 15 is 0 Å². The minimum absolute atomic E-state index is 0.298. The second-order valence-electron chi connectivity index (χ2n) is 4.42. The largest absolute Gasteiger partial charge is 0.481 e. The minimum Gasteiger partial charge on any atom is -0.481 e. The number of hydrogen-bond acceptors (Lipinski definition) is 4. The number of carbonyl (C=O) groups is 1. The number of carboxylic acid groups (broad SMARTS) is 1. The fourth-order valence-electron chi connectivity index (χ4n) is 1.52. The Morgan fingerprint density at radius 2 is 1.47 bits per heavy atom. The van der Waals surface area contributed by atoms with Gasteiger partial charge in [-0.3, -0.25) is 4.79 Å². The molecular formula is C14H28O5. The third kappa shape index (κ3) is 12.1. The van der Waals surface area contributed by atoms with Crippen molar-refractivity contribution in [1.82, 2.24) is 0 Å². The zero-order valence-corrected chi connectivity index (χ0v) is 12.2. The second-order valence-corrected chi connectivity index (χ2v) is 4.42. The fraction of sp³-hybridized carbons (Fsp3) is 0.929. The van der Waals surface area contributed by atoms with Gasteiger partial charge in [-0.05, 0) is 19.3 Å². The number of rotatable bonds is 14. The summed E-state index contributed by atoms with van der Waals surface area (Å²) in [5, 5.41) is 8.84. The average Bonchev–Trinajstić information content (AvgIpc) is 2.40. The Balaban J connectivity index is 3.16. The molecule has 1 unspecified atom stereocenters. The first-order chi connectivity index (χ1) is 9.22. The molecule has 0 radical (unpaired) electrons. The highest BCUT2D eigenvalue weighted by Gasteiger charge is 2.13. The molecule has 1 N–H and O–H groups in total. The lowest BCUT2D eigenvalue weighted by molar-refractivity contribution is -0.142. The Labute approximate surface area is 116 Å². The minimum atomic E-state index is -0.744. The van der Waals surface area contributed by atoms with Crippen molar-refractivity contribution < 1.29 is 24.1 Å². The molecule has 1 atom stereocenters. The predicted molar refractivity (Wildman–Crippen MR) is 73.4 cm³/mol. The summed E-state index contributed by atoms with van der Waals surface area (Å²) >= 11 is 0. The normalized spacial score (nSPS) is 12.5. The highest BCUT2D eigenvalue weighted by molar-refractivity contribution is 5.69. The van der Waals surface area contributed by atoms with Crippen molar-refractivity contribution in [1.29, 1.82) is 0 Å². The summed E-state index contributed by atoms with van der Waals surface area (Å²) in [5.74, 6) is -1.04. The summed E-state index contributed by atoms with van der Waals surface area (Å²) in [6.45, 7) is 7.51. The molecule has 0 aromatic rings. The van der Waals surface area contributed by atoms with Crippen LogP contribution in [0.25, 0.3) is 0 Å². The molecule has 0 spiro atoms. The molecule has 0 heterocycles. The molecular weight excluding hydrogens is 248 g/mol. The molecule has 0 saturated heterocycles. The van der Waals surface area contributed by atoms with Crippen molar-refractivity contribution in [3.05, 3.63) is 0 Å². The van der Waals surface area contributed by atoms with Gasteiger partial charge in [0.1, 0.15) is 0 Å². The molecule has 0 aliphatic rings. The SMILES string of the molecule is CCCCOCCOCCOCCC(CC)C(=O)O. The van der Waals surface area contributed by atoms with Crippen LogP contribution in [0.15, 0.2) is 0 Å². The summed E-state index contributed by atoms with van der Waals surface area (Å²) in [5.41, 5.74) is 0. The second kappa shape index (κ2) is 13.8. The zero-order valence-electron chi connectivity index (χ0n) is 12.2. The monoisotopic (exact) mass is 276 g/mol. The zero-order chi connectivity index (χ0) is 14.3. The van der Waals surface area contributed by atoms with E-state index in [1.165, 1.54) is 0 Å². The van der Waals surface area contributed by atoms with Gasteiger partial charge in [-0.25, -0.2) is 0 Å². The number of carboxylic acids is 1. The van der Waals surface area contributed by atoms with Crippen LogP contribution < -0.4 is 0 Å². The fourth-order valence-corrected chi connectivity index (χ4v) is 1.52. The van der Waals surface area contributed by atoms with Crippen LogP contribution in [0.2, 0.25) is 0 Å². The first-order valence-corrected chi connectivity index (χ1v) is 7.18. The lowest BCUT2D eigenvalue weighted by Gasteiger charge is -2.10. The quantitative estimate of drug-likeness (QED) is 0.493. The van der Waals surface area contributed by atoms with Gasteiger partial charge in [-0.15, -0.1) is 0 Å². The molecule has 0 bridgehead atoms. The summed E-state index contributed by atoms with van der Waals surface area (Å²) < 4.78 is 16.0. The van der Waals surface area contributed by atoms with Crippen molar-refractivity contribution in [2.75, 3.05) is 39.6 Å². The van der Waals surface area contributed by atoms with E-state index in [9.17, 15) is 4.79 Å². The molecule has 114 valence electrons. The van der Waals surface area contributed by atoms with Crippen LogP contribution >= 0.6 is 0 Å². The molecule has 0 aliphatic heterocycles. The van der Waals surface area contributed by atoms with Gasteiger partial charge in [0.15, 0.2) is 0 Å². The molecule has 0 aromatic carbocycles. The number of aliphatic carboxylic acids is 1. The highest BCUT2D eigenvalue weighted by atomic mass is 16.5. The Hall–Kier alpha value is -0.650. The lowest BCUT2D eigenvalue weighted by atomic mass is 10.0. The first kappa shape index (κ1) is 18.4. The van der Waals surface area contributed by atoms with Gasteiger partial charge in [0.2, 0.25) is 0 Å². The molecule has 0 aliphatic carbocycles. The summed E-state index contributed by atoms with van der Waals surface area (Å²) in [6.07, 6.45) is 3.44. The number of unbranched alkanes of at least 4 members (excludes halogenated alkanes) is 1. The van der Waals surface area contributed by atoms with Gasteiger partial charge in [-0.1, -0.05) is 20.3 Å². The highest BCUT2D eigenvalue weighted by Crippen LogP contribution is 2.07. The van der Waals surface area contributed by atoms with E-state index in [0.717, 1.165) is 19.4 Å². The Bertz CT molecular complexity index is 208. The molecule has 0 aromatic heterocycles. The average molecular weight is 276 g/mol. The summed E-state index contributed by atoms with van der Waals surface area (Å²) in [4.78, 5) is 10.7. The molecule has 5 nitrogen and oxygen atoms in total. The van der Waals surface area contributed by atoms with E-state index in [0.29, 0.717) is 45.9 Å². The molecule has 19 heavy (non-hydrogen) atoms. The van der Waals surface area contributed by atoms with Crippen LogP contribution in [0.4, 0.5) is 0 Å². The van der Waals surface area contributed by atoms with Crippen molar-refractivity contribution in [3.63, 3.8) is 0 Å². The van der Waals surface area contributed by atoms with Gasteiger partial charge in [-0.2, -0.15) is 0 Å². The summed E-state index contributed by atoms with van der Waals surface area (Å²) in [7, 11) is 0. The smallest absolute Gasteiger partial charge is 0.306 e. The van der Waals surface area contributed by atoms with Gasteiger partial charge >= 0.3 is 5.97 Å². The van der Waals surface area contributed by atoms with Crippen LogP contribution in [0, 0.1) is 5.92 Å². The van der Waals surface area contributed by atoms with Crippen LogP contribution in [0.5, 0.6) is 0 Å². The standard InChI is InChI=1S/C14H28O5/c1-3-5-7-17-9-11-19-12-10-18-8-6-13(4-2)14(15)16/h13H,3-12H2,1-2H3,(H,15,16). The molecule has 0 amide bonds. The van der Waals surface area contributed by atoms with E-state index in [2.05, 4.69) is 6.92 Å². The molecule has 0 saturated carbocycles. The Morgan fingerprint density at radius 3 is 1.95 bits per heavy atom. The summed E-state index contributed by atoms with van der Waals surface area (Å²) in [6, 6.07) is 0. The maximum absolute atomic E-state index is 10.7. The van der Waals surface area contributed by atoms with E-state index in [4.69, 9.17) is 19.3 Å². The van der Waals surface area contributed by atoms with Gasteiger partial charge in [0.25, 0.3) is 0 Å². The van der Waals surface area contributed by atoms with Crippen molar-refractivity contribution >= 4 is 5.97 Å². The number of hydrogen-bond donors (Lipinski definition) is 1. The van der Waals surface area contributed by atoms with Crippen LogP contribution in [-0.2, 0) is 19.0 Å². The van der Waals surface area contributed by atoms with Crippen molar-refractivity contribution in [3.8, 4) is 0 Å². The maximum atomic E-state index is 10.7. The van der Waals surface area contributed by atoms with Gasteiger partial charge in [0, 0.05) is 13.2 Å². The van der Waals surface area contributed by atoms with E-state index in [1.807, 2.05) is 6.92 Å². The Kier molecular flexibility index (Phi) is 13.3. The van der Waals surface area contributed by atoms with Gasteiger partial charge < -0.3 is 19.3 Å². The van der Waals surface area contributed by atoms with Crippen LogP contribution in [-0.4, -0.2) is 50.7 Å². The molecule has 0 fully saturated rings. The van der Waals surface area contributed by atoms with E-state index in [-0.39, 0.29) is 5.92 Å². The number of ether oxygens (including phenoxy) is 3. The van der Waals surface area contributed by atoms with Crippen molar-refractivity contribution in [2.24, 2.45) is 5.92 Å². The predicted octanol–water partition coefficient (Wildman–Crippen LogP) is 2.34. The maximum Gasteiger partial charge on any atom is 0.306 e. The third-order valence-electron chi connectivity index (χ3n) is 2.84. The Morgan fingerprint density at radius 1 is 0.947 bits per heavy atom. The van der Waals surface area contributed by atoms with E-state index in [1.54, 1.807) is 0 Å². The third-order valence-corrected chi connectivity index (χ3v) is 2.84. The molecule has 5 heteroatoms. The van der Waals surface area contributed by atoms with Crippen molar-refractivity contribution in [2.45, 2.75) is 39.5 Å². The van der Waals surface area contributed by atoms with E-state index < -0.39 is 5.97 Å². The van der Waals surface area contributed by atoms with Gasteiger partial charge in [0.05, 0.1) is 32.3 Å². The lowest BCUT2D eigenvalue weighted by Crippen LogP contribution is -2.16.